The molecule has 1 aliphatic carbocycles. The molecule has 68 heavy (non-hydrogen) atoms. The molecule has 10 aromatic rings. The predicted octanol–water partition coefficient (Wildman–Crippen LogP) is 14.4. The van der Waals surface area contributed by atoms with Crippen LogP contribution in [0, 0.1) is 37.7 Å². The molecule has 0 fully saturated rings. The quantitative estimate of drug-likeness (QED) is 0.108. The Balaban J connectivity index is 0.0000102. The van der Waals surface area contributed by atoms with Crippen LogP contribution in [0.25, 0.3) is 66.8 Å². The van der Waals surface area contributed by atoms with E-state index in [0.29, 0.717) is 18.2 Å². The summed E-state index contributed by atoms with van der Waals surface area (Å²) in [5, 5.41) is -0.875. The number of pyridine rings is 3. The van der Waals surface area contributed by atoms with Gasteiger partial charge in [0.25, 0.3) is 0 Å². The Bertz CT molecular complexity index is 4630. The number of furan rings is 1. The third-order valence-electron chi connectivity index (χ3n) is 10.7. The van der Waals surface area contributed by atoms with E-state index in [1.807, 2.05) is 0 Å². The van der Waals surface area contributed by atoms with Gasteiger partial charge in [0.1, 0.15) is 11.4 Å². The first-order chi connectivity index (χ1) is 44.2. The number of aromatic nitrogens is 3. The minimum atomic E-state index is -3.62. The molecule has 0 atom stereocenters. The third-order valence-corrected chi connectivity index (χ3v) is 10.7. The summed E-state index contributed by atoms with van der Waals surface area (Å²) >= 11 is 0. The fraction of sp³-hybridized carbons (Fsp3) is 0.177. The van der Waals surface area contributed by atoms with Gasteiger partial charge in [-0.2, -0.15) is 0 Å². The summed E-state index contributed by atoms with van der Waals surface area (Å²) in [6.45, 7) is -6.33. The van der Waals surface area contributed by atoms with Crippen molar-refractivity contribution in [2.45, 2.75) is 71.1 Å². The van der Waals surface area contributed by atoms with Crippen molar-refractivity contribution in [2.24, 2.45) is 0 Å². The largest absolute Gasteiger partial charge is 3.00 e. The fourth-order valence-electron chi connectivity index (χ4n) is 7.52. The molecule has 4 heterocycles. The first-order valence-corrected chi connectivity index (χ1v) is 20.5. The van der Waals surface area contributed by atoms with Crippen molar-refractivity contribution < 1.29 is 68.7 Å². The molecule has 0 radical (unpaired) electrons. The number of nitrogens with zero attached hydrogens (tertiary/aromatic N) is 3. The third kappa shape index (κ3) is 9.11. The van der Waals surface area contributed by atoms with Crippen LogP contribution in [0.4, 0.5) is 4.39 Å². The van der Waals surface area contributed by atoms with Crippen molar-refractivity contribution in [3.8, 4) is 44.9 Å². The maximum absolute atomic E-state index is 17.8. The van der Waals surface area contributed by atoms with Gasteiger partial charge in [-0.1, -0.05) is 94.8 Å². The zero-order valence-electron chi connectivity index (χ0n) is 64.0. The van der Waals surface area contributed by atoms with E-state index in [4.69, 9.17) is 27.7 Å². The summed E-state index contributed by atoms with van der Waals surface area (Å²) in [7, 11) is 0. The van der Waals surface area contributed by atoms with Crippen LogP contribution in [0.3, 0.4) is 0 Å². The van der Waals surface area contributed by atoms with Crippen molar-refractivity contribution in [1.29, 1.82) is 0 Å². The van der Waals surface area contributed by atoms with Crippen molar-refractivity contribution in [3.63, 3.8) is 0 Å². The number of aryl methyl sites for hydroxylation is 9. The van der Waals surface area contributed by atoms with Crippen molar-refractivity contribution in [1.82, 2.24) is 15.0 Å². The minimum Gasteiger partial charge on any atom is -0.500 e. The van der Waals surface area contributed by atoms with Crippen LogP contribution in [-0.4, -0.2) is 15.0 Å². The Morgan fingerprint density at radius 2 is 1.24 bits per heavy atom. The van der Waals surface area contributed by atoms with Crippen LogP contribution in [0.15, 0.2) is 156 Å². The van der Waals surface area contributed by atoms with Gasteiger partial charge >= 0.3 is 20.1 Å². The van der Waals surface area contributed by atoms with Gasteiger partial charge < -0.3 is 19.4 Å². The summed E-state index contributed by atoms with van der Waals surface area (Å²) in [6, 6.07) is 24.8. The maximum atomic E-state index is 17.8. The molecule has 0 aliphatic heterocycles. The molecule has 1 aliphatic rings. The Morgan fingerprint density at radius 3 is 1.82 bits per heavy atom. The topological polar surface area (TPSA) is 51.8 Å². The number of hydrogen-bond acceptors (Lipinski definition) is 4. The predicted molar refractivity (Wildman–Crippen MR) is 268 cm³/mol. The van der Waals surface area contributed by atoms with Crippen molar-refractivity contribution in [2.75, 3.05) is 0 Å². The van der Waals surface area contributed by atoms with E-state index in [1.54, 1.807) is 24.3 Å². The zero-order valence-corrected chi connectivity index (χ0v) is 37.4. The number of hydrogen-bond donors (Lipinski definition) is 0. The average molecular weight is 1090 g/mol. The molecule has 0 N–H and O–H groups in total. The molecule has 0 saturated heterocycles. The standard InChI is InChI=1S/C62H49FN3O.Ir/c1-40-32-56(46-14-6-3-7-15-46)65-38-49(40)29-26-44-34-43(35-45(36-44)27-30-50-39-66-57(33-41(50)2)47-16-8-4-9-17-47)25-24-42-28-31-55(64-37-42)53-22-13-23-54-59-60(63)58(48-18-10-5-11-19-48)51-20-12-21-52(51)62(59)67-61(53)54;/h3-11,13-14,16,18-19,23,28,31-39H,12,20-21,24-27,29-30H2,1-2H3;/q-3;+3/i1D3,2D3,5D,10D,11D,12D2,18D,19D,20D2,21D2,24D2,25D2,26D2,27D2,29D2,30D2;. The van der Waals surface area contributed by atoms with Gasteiger partial charge in [-0.15, -0.1) is 90.0 Å². The maximum Gasteiger partial charge on any atom is 3.00 e. The SMILES string of the molecule is [2H]c1c([2H])c([2H])c(-c2c3c(c4oc5c(-c6ccc(C([2H])([2H])C([2H])([2H])c7cc(C([2H])([2H])C([2H])([2H])c8cnc(-c9[c-]cccc9)cc8C([2H])([2H])[2H])cc(C([2H])([2H])C([2H])([2H])c8cnc(-c9[c-]cccc9)cc8C([2H])([2H])[2H])c7)cn6)[c-]ccc5c4c2F)C([2H])([2H])C([2H])([2H])C3([2H])[2H])c([2H])c1[2H].[Ir+3]. The van der Waals surface area contributed by atoms with Gasteiger partial charge in [0, 0.05) is 62.4 Å². The fourth-order valence-corrected chi connectivity index (χ4v) is 7.52. The Kier molecular flexibility index (Phi) is 6.55. The van der Waals surface area contributed by atoms with E-state index in [1.165, 1.54) is 36.4 Å². The van der Waals surface area contributed by atoms with Crippen LogP contribution in [0.5, 0.6) is 0 Å². The first kappa shape index (κ1) is 22.5. The zero-order chi connectivity index (χ0) is 70.8. The molecule has 4 aromatic heterocycles. The van der Waals surface area contributed by atoms with Crippen LogP contribution >= 0.6 is 0 Å². The van der Waals surface area contributed by atoms with Gasteiger partial charge in [0.15, 0.2) is 0 Å². The van der Waals surface area contributed by atoms with E-state index in [0.717, 1.165) is 42.9 Å². The van der Waals surface area contributed by atoms with Crippen molar-refractivity contribution >= 4 is 21.9 Å². The molecule has 11 rings (SSSR count). The summed E-state index contributed by atoms with van der Waals surface area (Å²) < 4.78 is 285. The molecule has 334 valence electrons. The Labute approximate surface area is 452 Å². The Hall–Kier alpha value is -6.85. The van der Waals surface area contributed by atoms with Gasteiger partial charge in [0.05, 0.1) is 12.4 Å². The van der Waals surface area contributed by atoms with Gasteiger partial charge in [-0.05, 0) is 138 Å². The van der Waals surface area contributed by atoms with E-state index < -0.39 is 185 Å². The molecule has 0 saturated carbocycles. The van der Waals surface area contributed by atoms with Crippen LogP contribution in [0.1, 0.15) is 102 Å². The molecular weight excluding hydrogens is 1010 g/mol. The normalized spacial score (nSPS) is 22.2. The molecule has 0 unspecified atom stereocenters. The summed E-state index contributed by atoms with van der Waals surface area (Å²) in [5.41, 5.74) is -11.5. The number of fused-ring (bicyclic) bond motifs is 5. The van der Waals surface area contributed by atoms with E-state index in [2.05, 4.69) is 33.2 Å². The van der Waals surface area contributed by atoms with Gasteiger partial charge in [-0.3, -0.25) is 0 Å². The second kappa shape index (κ2) is 19.8. The van der Waals surface area contributed by atoms with E-state index >= 15 is 4.39 Å². The number of halogens is 1. The summed E-state index contributed by atoms with van der Waals surface area (Å²) in [5.74, 6) is -1.49. The van der Waals surface area contributed by atoms with Gasteiger partial charge in [0.2, 0.25) is 0 Å². The second-order valence-corrected chi connectivity index (χ2v) is 15.0. The van der Waals surface area contributed by atoms with Crippen LogP contribution < -0.4 is 0 Å². The van der Waals surface area contributed by atoms with E-state index in [9.17, 15) is 16.4 Å². The molecule has 6 heteroatoms. The van der Waals surface area contributed by atoms with Crippen molar-refractivity contribution in [3.05, 3.63) is 232 Å². The summed E-state index contributed by atoms with van der Waals surface area (Å²) in [4.78, 5) is 12.9. The van der Waals surface area contributed by atoms with E-state index in [-0.39, 0.29) is 64.8 Å². The van der Waals surface area contributed by atoms with Crippen LogP contribution in [-0.2, 0) is 71.1 Å². The number of rotatable bonds is 13. The molecular formula is C62H49FIrN3O. The molecule has 4 nitrogen and oxygen atoms in total. The molecule has 0 spiro atoms. The van der Waals surface area contributed by atoms with Gasteiger partial charge in [-0.25, -0.2) is 4.39 Å². The second-order valence-electron chi connectivity index (χ2n) is 15.0. The minimum absolute atomic E-state index is 0. The number of benzene rings is 6. The smallest absolute Gasteiger partial charge is 0.500 e. The monoisotopic (exact) mass is 1090 g/mol. The van der Waals surface area contributed by atoms with Crippen LogP contribution in [0.2, 0.25) is 0 Å². The molecule has 0 amide bonds. The molecule has 0 bridgehead atoms. The first-order valence-electron chi connectivity index (χ1n) is 35.0. The Morgan fingerprint density at radius 1 is 0.632 bits per heavy atom. The molecule has 6 aromatic carbocycles. The average Bonchev–Trinajstić information content (AvgIpc) is 1.51. The summed E-state index contributed by atoms with van der Waals surface area (Å²) in [6.07, 6.45) is -29.3.